The van der Waals surface area contributed by atoms with Crippen molar-refractivity contribution in [2.24, 2.45) is 0 Å². The lowest BCUT2D eigenvalue weighted by atomic mass is 9.43. The zero-order valence-corrected chi connectivity index (χ0v) is 45.1. The number of rotatable bonds is 3. The summed E-state index contributed by atoms with van der Waals surface area (Å²) in [5.41, 5.74) is 26.5. The molecule has 366 valence electrons. The van der Waals surface area contributed by atoms with Gasteiger partial charge in [0.25, 0.3) is 0 Å². The van der Waals surface area contributed by atoms with Gasteiger partial charge in [0.1, 0.15) is 11.2 Å². The fourth-order valence-corrected chi connectivity index (χ4v) is 13.6. The molecule has 2 aliphatic carbocycles. The maximum absolute atomic E-state index is 7.33. The van der Waals surface area contributed by atoms with E-state index in [2.05, 4.69) is 238 Å². The second-order valence-electron chi connectivity index (χ2n) is 26.0. The van der Waals surface area contributed by atoms with Gasteiger partial charge in [-0.05, 0) is 174 Å². The van der Waals surface area contributed by atoms with E-state index in [1.54, 1.807) is 0 Å². The Bertz CT molecular complexity index is 4020. The summed E-state index contributed by atoms with van der Waals surface area (Å²) < 4.78 is 13.7. The van der Waals surface area contributed by atoms with E-state index >= 15 is 0 Å². The Morgan fingerprint density at radius 3 is 1.89 bits per heavy atom. The third-order valence-corrected chi connectivity index (χ3v) is 18.1. The highest BCUT2D eigenvalue weighted by Crippen LogP contribution is 2.59. The number of furan rings is 2. The average molecular weight is 965 g/mol. The van der Waals surface area contributed by atoms with E-state index in [1.807, 2.05) is 6.26 Å². The number of nitrogens with zero attached hydrogens (tertiary/aromatic N) is 2. The molecule has 0 radical (unpaired) electrons. The molecule has 0 unspecified atom stereocenters. The summed E-state index contributed by atoms with van der Waals surface area (Å²) in [6, 6.07) is 55.9. The molecule has 0 bridgehead atoms. The van der Waals surface area contributed by atoms with Crippen molar-refractivity contribution in [3.8, 4) is 33.4 Å². The van der Waals surface area contributed by atoms with Crippen LogP contribution in [0.5, 0.6) is 0 Å². The Kier molecular flexibility index (Phi) is 9.18. The van der Waals surface area contributed by atoms with Crippen molar-refractivity contribution in [2.75, 3.05) is 9.71 Å². The predicted octanol–water partition coefficient (Wildman–Crippen LogP) is 18.0. The molecular formula is C69H65BN2O2. The molecule has 0 spiro atoms. The molecule has 0 atom stereocenters. The third-order valence-electron chi connectivity index (χ3n) is 18.1. The van der Waals surface area contributed by atoms with Gasteiger partial charge in [0.05, 0.1) is 17.6 Å². The van der Waals surface area contributed by atoms with Gasteiger partial charge in [0.15, 0.2) is 5.58 Å². The summed E-state index contributed by atoms with van der Waals surface area (Å²) in [5.74, 6) is 0. The van der Waals surface area contributed by atoms with Crippen molar-refractivity contribution < 1.29 is 8.83 Å². The minimum absolute atomic E-state index is 0.00818. The van der Waals surface area contributed by atoms with E-state index in [4.69, 9.17) is 8.83 Å². The van der Waals surface area contributed by atoms with Gasteiger partial charge in [0, 0.05) is 49.8 Å². The molecule has 14 rings (SSSR count). The first-order chi connectivity index (χ1) is 35.2. The lowest BCUT2D eigenvalue weighted by molar-refractivity contribution is 0.331. The summed E-state index contributed by atoms with van der Waals surface area (Å²) in [7, 11) is 0. The number of benzene rings is 8. The number of hydrogen-bond donors (Lipinski definition) is 0. The van der Waals surface area contributed by atoms with Crippen LogP contribution in [0.4, 0.5) is 28.4 Å². The van der Waals surface area contributed by atoms with E-state index in [-0.39, 0.29) is 33.9 Å². The Morgan fingerprint density at radius 1 is 0.500 bits per heavy atom. The molecule has 0 amide bonds. The second-order valence-corrected chi connectivity index (χ2v) is 26.0. The average Bonchev–Trinajstić information content (AvgIpc) is 4.16. The SMILES string of the molecule is CC(C)(C)c1ccc(N2B3c4cc5occc5cc4N(c4ccc(C(C)(C)C)cc4-c4ccccc4)c4c3c(cc3c4oc4ccccc43)-c3cc4c(cc32)C(C)(C)c2cc3c(cc2-4)C(C)(C)CCC3(C)C)cc1. The van der Waals surface area contributed by atoms with E-state index in [0.29, 0.717) is 0 Å². The van der Waals surface area contributed by atoms with Crippen molar-refractivity contribution >= 4 is 79.1 Å². The maximum Gasteiger partial charge on any atom is 0.333 e. The first-order valence-electron chi connectivity index (χ1n) is 27.0. The van der Waals surface area contributed by atoms with Gasteiger partial charge in [-0.2, -0.15) is 0 Å². The monoisotopic (exact) mass is 965 g/mol. The van der Waals surface area contributed by atoms with Crippen LogP contribution in [0.2, 0.25) is 0 Å². The molecule has 4 nitrogen and oxygen atoms in total. The van der Waals surface area contributed by atoms with E-state index < -0.39 is 0 Å². The number of para-hydroxylation sites is 1. The van der Waals surface area contributed by atoms with Crippen LogP contribution in [0.15, 0.2) is 161 Å². The van der Waals surface area contributed by atoms with Crippen LogP contribution in [0, 0.1) is 0 Å². The molecule has 74 heavy (non-hydrogen) atoms. The van der Waals surface area contributed by atoms with Gasteiger partial charge in [-0.25, -0.2) is 0 Å². The first-order valence-corrected chi connectivity index (χ1v) is 27.0. The van der Waals surface area contributed by atoms with E-state index in [9.17, 15) is 0 Å². The molecule has 8 aromatic carbocycles. The Labute approximate surface area is 437 Å². The summed E-state index contributed by atoms with van der Waals surface area (Å²) >= 11 is 0. The molecule has 0 fully saturated rings. The summed E-state index contributed by atoms with van der Waals surface area (Å²) in [6.07, 6.45) is 4.20. The van der Waals surface area contributed by atoms with Crippen LogP contribution in [0.25, 0.3) is 66.3 Å². The molecule has 2 aromatic heterocycles. The van der Waals surface area contributed by atoms with E-state index in [1.165, 1.54) is 96.2 Å². The zero-order chi connectivity index (χ0) is 51.2. The van der Waals surface area contributed by atoms with Crippen molar-refractivity contribution in [1.29, 1.82) is 0 Å². The molecule has 5 heteroatoms. The van der Waals surface area contributed by atoms with Crippen LogP contribution in [0.1, 0.15) is 129 Å². The second kappa shape index (κ2) is 15.0. The Balaban J connectivity index is 1.15. The van der Waals surface area contributed by atoms with Gasteiger partial charge in [0.2, 0.25) is 0 Å². The predicted molar refractivity (Wildman–Crippen MR) is 313 cm³/mol. The molecule has 0 N–H and O–H groups in total. The lowest BCUT2D eigenvalue weighted by Crippen LogP contribution is -2.61. The molecular weight excluding hydrogens is 900 g/mol. The van der Waals surface area contributed by atoms with Gasteiger partial charge in [-0.15, -0.1) is 0 Å². The van der Waals surface area contributed by atoms with Crippen molar-refractivity contribution in [3.05, 3.63) is 185 Å². The van der Waals surface area contributed by atoms with Crippen LogP contribution in [0.3, 0.4) is 0 Å². The summed E-state index contributed by atoms with van der Waals surface area (Å²) in [5, 5.41) is 3.29. The number of fused-ring (bicyclic) bond motifs is 13. The van der Waals surface area contributed by atoms with Crippen LogP contribution in [-0.2, 0) is 27.1 Å². The zero-order valence-electron chi connectivity index (χ0n) is 45.1. The van der Waals surface area contributed by atoms with E-state index in [0.717, 1.165) is 55.7 Å². The molecule has 4 heterocycles. The minimum atomic E-state index is -0.251. The number of hydrogen-bond acceptors (Lipinski definition) is 4. The maximum atomic E-state index is 7.33. The highest BCUT2D eigenvalue weighted by Gasteiger charge is 2.50. The minimum Gasteiger partial charge on any atom is -0.464 e. The first kappa shape index (κ1) is 45.4. The highest BCUT2D eigenvalue weighted by molar-refractivity contribution is 6.94. The molecule has 4 aliphatic rings. The standard InChI is InChI=1S/C69H65BN2O2/c1-65(2,3)42-22-25-44(26-23-42)72-58-38-53-47(48-36-54-55(37-52(48)69(53,11)12)68(9,10)30-29-67(54,7)8)34-49(58)50-35-51-45-20-16-17-21-60(45)74-64(51)63-62(50)70(72)56-39-61-41(28-31-73-61)32-59(56)71(63)57-27-24-43(66(4,5)6)33-46(57)40-18-14-13-15-19-40/h13-28,31-39H,29-30H2,1-12H3. The Hall–Kier alpha value is -7.24. The fraction of sp³-hybridized carbons (Fsp3) is 0.275. The molecule has 0 saturated carbocycles. The van der Waals surface area contributed by atoms with Gasteiger partial charge >= 0.3 is 6.85 Å². The molecule has 10 aromatic rings. The van der Waals surface area contributed by atoms with Gasteiger partial charge in [-0.3, -0.25) is 0 Å². The summed E-state index contributed by atoms with van der Waals surface area (Å²) in [6.45, 7) is 28.4. The van der Waals surface area contributed by atoms with Gasteiger partial charge in [-0.1, -0.05) is 156 Å². The largest absolute Gasteiger partial charge is 0.464 e. The van der Waals surface area contributed by atoms with Crippen LogP contribution >= 0.6 is 0 Å². The van der Waals surface area contributed by atoms with Crippen molar-refractivity contribution in [3.63, 3.8) is 0 Å². The van der Waals surface area contributed by atoms with Crippen LogP contribution < -0.4 is 20.6 Å². The molecule has 2 aliphatic heterocycles. The summed E-state index contributed by atoms with van der Waals surface area (Å²) in [4.78, 5) is 5.23. The third kappa shape index (κ3) is 6.34. The fourth-order valence-electron chi connectivity index (χ4n) is 13.6. The molecule has 0 saturated heterocycles. The normalized spacial score (nSPS) is 16.8. The lowest BCUT2D eigenvalue weighted by Gasteiger charge is -2.46. The topological polar surface area (TPSA) is 32.8 Å². The quantitative estimate of drug-likeness (QED) is 0.165. The van der Waals surface area contributed by atoms with Crippen LogP contribution in [-0.4, -0.2) is 6.85 Å². The smallest absolute Gasteiger partial charge is 0.333 e. The Morgan fingerprint density at radius 2 is 1.16 bits per heavy atom. The highest BCUT2D eigenvalue weighted by atomic mass is 16.3. The van der Waals surface area contributed by atoms with Crippen molar-refractivity contribution in [1.82, 2.24) is 0 Å². The van der Waals surface area contributed by atoms with Crippen molar-refractivity contribution in [2.45, 2.75) is 123 Å². The van der Waals surface area contributed by atoms with Gasteiger partial charge < -0.3 is 18.5 Å². The number of anilines is 5.